The van der Waals surface area contributed by atoms with Crippen LogP contribution in [0.4, 0.5) is 0 Å². The monoisotopic (exact) mass is 263 g/mol. The molecule has 0 aromatic carbocycles. The molecular weight excluding hydrogens is 242 g/mol. The maximum atomic E-state index is 11.4. The van der Waals surface area contributed by atoms with Crippen molar-refractivity contribution in [1.29, 1.82) is 0 Å². The summed E-state index contributed by atoms with van der Waals surface area (Å²) in [5.74, 6) is -0.377. The van der Waals surface area contributed by atoms with E-state index in [0.29, 0.717) is 19.0 Å². The summed E-state index contributed by atoms with van der Waals surface area (Å²) < 4.78 is 24.4. The van der Waals surface area contributed by atoms with Gasteiger partial charge in [-0.3, -0.25) is 4.79 Å². The van der Waals surface area contributed by atoms with Gasteiger partial charge in [0.2, 0.25) is 10.0 Å². The number of hydrogen-bond acceptors (Lipinski definition) is 3. The fraction of sp³-hybridized carbons (Fsp3) is 0.909. The van der Waals surface area contributed by atoms with Gasteiger partial charge in [0.15, 0.2) is 0 Å². The van der Waals surface area contributed by atoms with Crippen LogP contribution in [-0.2, 0) is 14.8 Å². The number of nitrogens with zero attached hydrogens (tertiary/aromatic N) is 1. The molecule has 1 aliphatic rings. The normalized spacial score (nSPS) is 24.5. The summed E-state index contributed by atoms with van der Waals surface area (Å²) in [6.45, 7) is 3.05. The third-order valence-electron chi connectivity index (χ3n) is 3.21. The van der Waals surface area contributed by atoms with E-state index in [-0.39, 0.29) is 12.3 Å². The molecule has 1 heterocycles. The van der Waals surface area contributed by atoms with Crippen LogP contribution < -0.4 is 0 Å². The van der Waals surface area contributed by atoms with E-state index < -0.39 is 16.0 Å². The van der Waals surface area contributed by atoms with Gasteiger partial charge in [0.1, 0.15) is 0 Å². The molecule has 0 bridgehead atoms. The van der Waals surface area contributed by atoms with Crippen molar-refractivity contribution in [2.75, 3.05) is 19.3 Å². The van der Waals surface area contributed by atoms with E-state index in [2.05, 4.69) is 0 Å². The predicted molar refractivity (Wildman–Crippen MR) is 65.2 cm³/mol. The molecule has 0 saturated carbocycles. The van der Waals surface area contributed by atoms with Crippen molar-refractivity contribution in [3.8, 4) is 0 Å². The first kappa shape index (κ1) is 14.4. The number of hydrogen-bond donors (Lipinski definition) is 1. The molecule has 6 heteroatoms. The first-order valence-electron chi connectivity index (χ1n) is 5.96. The van der Waals surface area contributed by atoms with Crippen molar-refractivity contribution in [3.63, 3.8) is 0 Å². The van der Waals surface area contributed by atoms with E-state index in [0.717, 1.165) is 19.3 Å². The highest BCUT2D eigenvalue weighted by Gasteiger charge is 2.27. The van der Waals surface area contributed by atoms with Crippen LogP contribution in [0.15, 0.2) is 0 Å². The average molecular weight is 263 g/mol. The number of carboxylic acid groups (broad SMARTS) is 1. The van der Waals surface area contributed by atoms with Crippen LogP contribution in [0.2, 0.25) is 0 Å². The van der Waals surface area contributed by atoms with Crippen LogP contribution in [0.1, 0.15) is 32.6 Å². The summed E-state index contributed by atoms with van der Waals surface area (Å²) >= 11 is 0. The minimum absolute atomic E-state index is 0.108. The zero-order valence-corrected chi connectivity index (χ0v) is 11.2. The molecule has 2 unspecified atom stereocenters. The Bertz CT molecular complexity index is 366. The Hall–Kier alpha value is -0.620. The fourth-order valence-corrected chi connectivity index (χ4v) is 3.41. The molecule has 0 radical (unpaired) electrons. The molecule has 1 saturated heterocycles. The summed E-state index contributed by atoms with van der Waals surface area (Å²) in [5, 5.41) is 8.69. The molecule has 1 N–H and O–H groups in total. The fourth-order valence-electron chi connectivity index (χ4n) is 2.47. The summed E-state index contributed by atoms with van der Waals surface area (Å²) in [5.41, 5.74) is 0. The number of rotatable bonds is 5. The zero-order valence-electron chi connectivity index (χ0n) is 10.4. The van der Waals surface area contributed by atoms with Gasteiger partial charge in [-0.1, -0.05) is 6.92 Å². The van der Waals surface area contributed by atoms with Crippen LogP contribution >= 0.6 is 0 Å². The van der Waals surface area contributed by atoms with Crippen LogP contribution in [0.5, 0.6) is 0 Å². The number of sulfonamides is 1. The molecule has 100 valence electrons. The Balaban J connectivity index is 2.47. The van der Waals surface area contributed by atoms with Crippen molar-refractivity contribution >= 4 is 16.0 Å². The molecule has 1 fully saturated rings. The Morgan fingerprint density at radius 3 is 2.71 bits per heavy atom. The lowest BCUT2D eigenvalue weighted by Crippen LogP contribution is -2.39. The van der Waals surface area contributed by atoms with Gasteiger partial charge in [0, 0.05) is 19.5 Å². The third kappa shape index (κ3) is 5.04. The van der Waals surface area contributed by atoms with E-state index >= 15 is 0 Å². The molecular formula is C11H21NO4S. The van der Waals surface area contributed by atoms with Crippen LogP contribution in [0.3, 0.4) is 0 Å². The van der Waals surface area contributed by atoms with E-state index in [4.69, 9.17) is 5.11 Å². The van der Waals surface area contributed by atoms with Gasteiger partial charge in [0.05, 0.1) is 6.26 Å². The number of carboxylic acids is 1. The molecule has 5 nitrogen and oxygen atoms in total. The van der Waals surface area contributed by atoms with Gasteiger partial charge in [-0.2, -0.15) is 0 Å². The van der Waals surface area contributed by atoms with Crippen molar-refractivity contribution in [2.45, 2.75) is 32.6 Å². The predicted octanol–water partition coefficient (Wildman–Crippen LogP) is 1.16. The maximum absolute atomic E-state index is 11.4. The highest BCUT2D eigenvalue weighted by Crippen LogP contribution is 2.25. The first-order chi connectivity index (χ1) is 7.79. The minimum Gasteiger partial charge on any atom is -0.481 e. The van der Waals surface area contributed by atoms with Crippen LogP contribution in [-0.4, -0.2) is 43.1 Å². The zero-order chi connectivity index (χ0) is 13.1. The van der Waals surface area contributed by atoms with E-state index in [1.54, 1.807) is 0 Å². The number of carbonyl (C=O) groups is 1. The Morgan fingerprint density at radius 2 is 2.18 bits per heavy atom. The quantitative estimate of drug-likeness (QED) is 0.807. The molecule has 0 aliphatic carbocycles. The van der Waals surface area contributed by atoms with Crippen molar-refractivity contribution < 1.29 is 18.3 Å². The number of aliphatic carboxylic acids is 1. The van der Waals surface area contributed by atoms with Gasteiger partial charge >= 0.3 is 5.97 Å². The highest BCUT2D eigenvalue weighted by atomic mass is 32.2. The Morgan fingerprint density at radius 1 is 1.53 bits per heavy atom. The van der Waals surface area contributed by atoms with Gasteiger partial charge in [-0.05, 0) is 31.1 Å². The van der Waals surface area contributed by atoms with Crippen molar-refractivity contribution in [3.05, 3.63) is 0 Å². The van der Waals surface area contributed by atoms with Crippen LogP contribution in [0, 0.1) is 11.8 Å². The highest BCUT2D eigenvalue weighted by molar-refractivity contribution is 7.88. The van der Waals surface area contributed by atoms with Gasteiger partial charge < -0.3 is 5.11 Å². The second kappa shape index (κ2) is 5.82. The molecule has 2 atom stereocenters. The summed E-state index contributed by atoms with van der Waals surface area (Å²) in [6.07, 6.45) is 4.05. The summed E-state index contributed by atoms with van der Waals surface area (Å²) in [6, 6.07) is 0. The smallest absolute Gasteiger partial charge is 0.303 e. The summed E-state index contributed by atoms with van der Waals surface area (Å²) in [4.78, 5) is 10.6. The molecule has 0 amide bonds. The minimum atomic E-state index is -3.10. The lowest BCUT2D eigenvalue weighted by atomic mass is 9.88. The summed E-state index contributed by atoms with van der Waals surface area (Å²) in [7, 11) is -3.10. The lowest BCUT2D eigenvalue weighted by Gasteiger charge is -2.32. The van der Waals surface area contributed by atoms with Gasteiger partial charge in [-0.25, -0.2) is 12.7 Å². The van der Waals surface area contributed by atoms with Crippen LogP contribution in [0.25, 0.3) is 0 Å². The van der Waals surface area contributed by atoms with Crippen molar-refractivity contribution in [2.24, 2.45) is 11.8 Å². The Labute approximate surface area is 103 Å². The Kier molecular flexibility index (Phi) is 4.94. The number of piperidine rings is 1. The van der Waals surface area contributed by atoms with E-state index in [9.17, 15) is 13.2 Å². The second-order valence-corrected chi connectivity index (χ2v) is 7.05. The molecule has 1 aliphatic heterocycles. The second-order valence-electron chi connectivity index (χ2n) is 5.07. The SMILES string of the molecule is CC(CC(=O)O)CC1CCCN(S(C)(=O)=O)C1. The topological polar surface area (TPSA) is 74.7 Å². The van der Waals surface area contributed by atoms with Gasteiger partial charge in [-0.15, -0.1) is 0 Å². The molecule has 1 rings (SSSR count). The first-order valence-corrected chi connectivity index (χ1v) is 7.80. The standard InChI is InChI=1S/C11H21NO4S/c1-9(7-11(13)14)6-10-4-3-5-12(8-10)17(2,15)16/h9-10H,3-8H2,1-2H3,(H,13,14). The molecule has 0 aromatic heterocycles. The molecule has 17 heavy (non-hydrogen) atoms. The van der Waals surface area contributed by atoms with Gasteiger partial charge in [0.25, 0.3) is 0 Å². The largest absolute Gasteiger partial charge is 0.481 e. The maximum Gasteiger partial charge on any atom is 0.303 e. The van der Waals surface area contributed by atoms with E-state index in [1.165, 1.54) is 10.6 Å². The lowest BCUT2D eigenvalue weighted by molar-refractivity contribution is -0.138. The average Bonchev–Trinajstić information content (AvgIpc) is 2.15. The van der Waals surface area contributed by atoms with Crippen molar-refractivity contribution in [1.82, 2.24) is 4.31 Å². The molecule has 0 aromatic rings. The molecule has 0 spiro atoms. The third-order valence-corrected chi connectivity index (χ3v) is 4.48. The van der Waals surface area contributed by atoms with E-state index in [1.807, 2.05) is 6.92 Å².